The zero-order valence-corrected chi connectivity index (χ0v) is 14.5. The maximum Gasteiger partial charge on any atom is 0.265 e. The van der Waals surface area contributed by atoms with Gasteiger partial charge in [-0.3, -0.25) is 9.40 Å². The molecule has 1 fully saturated rings. The first-order chi connectivity index (χ1) is 12.0. The van der Waals surface area contributed by atoms with Crippen molar-refractivity contribution in [3.05, 3.63) is 41.9 Å². The van der Waals surface area contributed by atoms with Crippen molar-refractivity contribution in [2.45, 2.75) is 31.2 Å². The van der Waals surface area contributed by atoms with Gasteiger partial charge in [0.25, 0.3) is 10.0 Å². The third kappa shape index (κ3) is 2.87. The number of aromatic amines is 1. The second kappa shape index (κ2) is 5.63. The van der Waals surface area contributed by atoms with Gasteiger partial charge in [-0.25, -0.2) is 8.42 Å². The zero-order valence-electron chi connectivity index (χ0n) is 13.7. The Morgan fingerprint density at radius 2 is 2.24 bits per heavy atom. The number of fused-ring (bicyclic) bond motifs is 1. The van der Waals surface area contributed by atoms with Crippen LogP contribution < -0.4 is 4.72 Å². The van der Waals surface area contributed by atoms with E-state index in [4.69, 9.17) is 0 Å². The number of aryl methyl sites for hydroxylation is 1. The molecule has 0 radical (unpaired) electrons. The Morgan fingerprint density at radius 3 is 2.96 bits per heavy atom. The Balaban J connectivity index is 1.68. The Labute approximate surface area is 145 Å². The third-order valence-electron chi connectivity index (χ3n) is 4.47. The zero-order chi connectivity index (χ0) is 17.6. The lowest BCUT2D eigenvalue weighted by molar-refractivity contribution is 0.561. The Hall–Kier alpha value is -2.79. The number of aromatic nitrogens is 3. The van der Waals surface area contributed by atoms with Crippen LogP contribution in [0.2, 0.25) is 0 Å². The topological polar surface area (TPSA) is 104 Å². The van der Waals surface area contributed by atoms with Crippen LogP contribution >= 0.6 is 0 Å². The van der Waals surface area contributed by atoms with Crippen molar-refractivity contribution in [2.24, 2.45) is 5.92 Å². The summed E-state index contributed by atoms with van der Waals surface area (Å²) in [7, 11) is -3.75. The lowest BCUT2D eigenvalue weighted by Gasteiger charge is -2.09. The number of anilines is 1. The molecule has 0 atom stereocenters. The van der Waals surface area contributed by atoms with Crippen molar-refractivity contribution in [1.29, 1.82) is 5.26 Å². The number of hydrogen-bond donors (Lipinski definition) is 2. The molecule has 1 aliphatic rings. The molecular formula is C17H17N5O2S. The molecule has 2 N–H and O–H groups in total. The van der Waals surface area contributed by atoms with Crippen LogP contribution in [0.1, 0.15) is 24.0 Å². The highest BCUT2D eigenvalue weighted by molar-refractivity contribution is 7.92. The van der Waals surface area contributed by atoms with E-state index >= 15 is 0 Å². The summed E-state index contributed by atoms with van der Waals surface area (Å²) in [5.41, 5.74) is 2.42. The SMILES string of the molecule is Cc1ccc(NS(=O)(=O)c2cnn(CC3CC3)c2)c2[nH]cc(C#N)c12. The average molecular weight is 355 g/mol. The minimum Gasteiger partial charge on any atom is -0.358 e. The molecule has 2 aromatic heterocycles. The van der Waals surface area contributed by atoms with E-state index in [0.717, 1.165) is 17.5 Å². The van der Waals surface area contributed by atoms with Crippen LogP contribution in [0.15, 0.2) is 35.6 Å². The van der Waals surface area contributed by atoms with Gasteiger partial charge in [-0.1, -0.05) is 6.07 Å². The van der Waals surface area contributed by atoms with Crippen molar-refractivity contribution < 1.29 is 8.42 Å². The molecule has 1 aliphatic carbocycles. The van der Waals surface area contributed by atoms with Gasteiger partial charge < -0.3 is 4.98 Å². The van der Waals surface area contributed by atoms with E-state index in [2.05, 4.69) is 20.9 Å². The van der Waals surface area contributed by atoms with Crippen LogP contribution in [0.3, 0.4) is 0 Å². The van der Waals surface area contributed by atoms with Gasteiger partial charge in [0.2, 0.25) is 0 Å². The molecule has 128 valence electrons. The molecular weight excluding hydrogens is 338 g/mol. The van der Waals surface area contributed by atoms with Gasteiger partial charge in [-0.15, -0.1) is 0 Å². The minimum atomic E-state index is -3.75. The minimum absolute atomic E-state index is 0.133. The average Bonchev–Trinajstić information content (AvgIpc) is 3.09. The van der Waals surface area contributed by atoms with Crippen LogP contribution in [0.4, 0.5) is 5.69 Å². The molecule has 1 aromatic carbocycles. The van der Waals surface area contributed by atoms with Gasteiger partial charge in [0.1, 0.15) is 11.0 Å². The summed E-state index contributed by atoms with van der Waals surface area (Å²) >= 11 is 0. The molecule has 25 heavy (non-hydrogen) atoms. The highest BCUT2D eigenvalue weighted by Crippen LogP contribution is 2.31. The molecule has 1 saturated carbocycles. The number of nitrogens with one attached hydrogen (secondary N) is 2. The molecule has 0 spiro atoms. The lowest BCUT2D eigenvalue weighted by Crippen LogP contribution is -2.13. The number of H-pyrrole nitrogens is 1. The molecule has 0 aliphatic heterocycles. The second-order valence-corrected chi connectivity index (χ2v) is 8.12. The van der Waals surface area contributed by atoms with Crippen molar-refractivity contribution in [3.8, 4) is 6.07 Å². The van der Waals surface area contributed by atoms with E-state index in [9.17, 15) is 13.7 Å². The molecule has 8 heteroatoms. The predicted molar refractivity (Wildman–Crippen MR) is 93.5 cm³/mol. The maximum atomic E-state index is 12.7. The van der Waals surface area contributed by atoms with E-state index in [0.29, 0.717) is 22.7 Å². The fourth-order valence-electron chi connectivity index (χ4n) is 2.95. The van der Waals surface area contributed by atoms with Crippen molar-refractivity contribution in [3.63, 3.8) is 0 Å². The summed E-state index contributed by atoms with van der Waals surface area (Å²) in [4.78, 5) is 3.13. The molecule has 0 saturated heterocycles. The van der Waals surface area contributed by atoms with E-state index < -0.39 is 10.0 Å². The summed E-state index contributed by atoms with van der Waals surface area (Å²) < 4.78 is 29.6. The number of rotatable bonds is 5. The van der Waals surface area contributed by atoms with Gasteiger partial charge in [-0.05, 0) is 37.3 Å². The van der Waals surface area contributed by atoms with Crippen LogP contribution in [-0.4, -0.2) is 23.2 Å². The van der Waals surface area contributed by atoms with Gasteiger partial charge in [0.05, 0.1) is 23.0 Å². The van der Waals surface area contributed by atoms with E-state index in [1.807, 2.05) is 6.92 Å². The Kier molecular flexibility index (Phi) is 3.54. The van der Waals surface area contributed by atoms with Crippen molar-refractivity contribution in [1.82, 2.24) is 14.8 Å². The second-order valence-electron chi connectivity index (χ2n) is 6.44. The highest BCUT2D eigenvalue weighted by Gasteiger charge is 2.24. The lowest BCUT2D eigenvalue weighted by atomic mass is 10.1. The predicted octanol–water partition coefficient (Wildman–Crippen LogP) is 2.76. The number of sulfonamides is 1. The van der Waals surface area contributed by atoms with E-state index in [1.54, 1.807) is 29.2 Å². The molecule has 4 rings (SSSR count). The van der Waals surface area contributed by atoms with Gasteiger partial charge in [-0.2, -0.15) is 10.4 Å². The molecule has 2 heterocycles. The normalized spacial score (nSPS) is 14.6. The van der Waals surface area contributed by atoms with E-state index in [1.165, 1.54) is 19.0 Å². The summed E-state index contributed by atoms with van der Waals surface area (Å²) in [5, 5.41) is 14.1. The van der Waals surface area contributed by atoms with Crippen molar-refractivity contribution in [2.75, 3.05) is 4.72 Å². The van der Waals surface area contributed by atoms with E-state index in [-0.39, 0.29) is 4.90 Å². The van der Waals surface area contributed by atoms with Gasteiger partial charge in [0.15, 0.2) is 0 Å². The van der Waals surface area contributed by atoms with Crippen LogP contribution in [0.25, 0.3) is 10.9 Å². The first kappa shape index (κ1) is 15.7. The fraction of sp³-hybridized carbons (Fsp3) is 0.294. The number of benzene rings is 1. The van der Waals surface area contributed by atoms with Gasteiger partial charge >= 0.3 is 0 Å². The molecule has 0 unspecified atom stereocenters. The Bertz CT molecular complexity index is 1100. The monoisotopic (exact) mass is 355 g/mol. The summed E-state index contributed by atoms with van der Waals surface area (Å²) in [6, 6.07) is 5.61. The molecule has 0 amide bonds. The summed E-state index contributed by atoms with van der Waals surface area (Å²) in [5.74, 6) is 0.614. The summed E-state index contributed by atoms with van der Waals surface area (Å²) in [6.45, 7) is 2.64. The number of nitriles is 1. The Morgan fingerprint density at radius 1 is 1.44 bits per heavy atom. The standard InChI is InChI=1S/C17H17N5O2S/c1-11-2-5-15(17-16(11)13(6-18)7-19-17)21-25(23,24)14-8-20-22(10-14)9-12-3-4-12/h2,5,7-8,10,12,19,21H,3-4,9H2,1H3. The quantitative estimate of drug-likeness (QED) is 0.734. The third-order valence-corrected chi connectivity index (χ3v) is 5.79. The molecule has 0 bridgehead atoms. The molecule has 7 nitrogen and oxygen atoms in total. The van der Waals surface area contributed by atoms with Crippen molar-refractivity contribution >= 4 is 26.6 Å². The van der Waals surface area contributed by atoms with Crippen LogP contribution in [-0.2, 0) is 16.6 Å². The smallest absolute Gasteiger partial charge is 0.265 e. The largest absolute Gasteiger partial charge is 0.358 e. The van der Waals surface area contributed by atoms with Gasteiger partial charge in [0, 0.05) is 24.3 Å². The maximum absolute atomic E-state index is 12.7. The summed E-state index contributed by atoms with van der Waals surface area (Å²) in [6.07, 6.45) is 6.86. The first-order valence-electron chi connectivity index (χ1n) is 8.04. The van der Waals surface area contributed by atoms with Crippen LogP contribution in [0.5, 0.6) is 0 Å². The van der Waals surface area contributed by atoms with Crippen LogP contribution in [0, 0.1) is 24.2 Å². The highest BCUT2D eigenvalue weighted by atomic mass is 32.2. The number of nitrogens with zero attached hydrogens (tertiary/aromatic N) is 3. The first-order valence-corrected chi connectivity index (χ1v) is 9.52. The fourth-order valence-corrected chi connectivity index (χ4v) is 3.97. The number of hydrogen-bond acceptors (Lipinski definition) is 4. The molecule has 3 aromatic rings.